The van der Waals surface area contributed by atoms with Crippen LogP contribution in [0.15, 0.2) is 4.47 Å². The first-order valence-corrected chi connectivity index (χ1v) is 6.83. The maximum Gasteiger partial charge on any atom is 0.147 e. The van der Waals surface area contributed by atoms with Gasteiger partial charge < -0.3 is 0 Å². The van der Waals surface area contributed by atoms with Crippen LogP contribution in [0.3, 0.4) is 0 Å². The Labute approximate surface area is 116 Å². The molecule has 0 aliphatic rings. The van der Waals surface area contributed by atoms with Gasteiger partial charge in [-0.15, -0.1) is 0 Å². The molecule has 0 fully saturated rings. The van der Waals surface area contributed by atoms with Gasteiger partial charge in [0.1, 0.15) is 11.2 Å². The van der Waals surface area contributed by atoms with Crippen LogP contribution in [0, 0.1) is 17.2 Å². The van der Waals surface area contributed by atoms with Crippen LogP contribution in [-0.4, -0.2) is 4.98 Å². The largest absolute Gasteiger partial charge is 0.238 e. The minimum atomic E-state index is 0.278. The summed E-state index contributed by atoms with van der Waals surface area (Å²) in [6, 6.07) is 2.15. The Morgan fingerprint density at radius 1 is 1.35 bits per heavy atom. The summed E-state index contributed by atoms with van der Waals surface area (Å²) in [4.78, 5) is 4.31. The molecule has 0 radical (unpaired) electrons. The van der Waals surface area contributed by atoms with Gasteiger partial charge in [-0.2, -0.15) is 5.26 Å². The van der Waals surface area contributed by atoms with Crippen molar-refractivity contribution in [1.29, 1.82) is 5.26 Å². The van der Waals surface area contributed by atoms with Crippen molar-refractivity contribution in [1.82, 2.24) is 4.98 Å². The average Bonchev–Trinajstić information content (AvgIpc) is 2.22. The Morgan fingerprint density at radius 3 is 2.35 bits per heavy atom. The van der Waals surface area contributed by atoms with Crippen LogP contribution in [0.5, 0.6) is 0 Å². The Hall–Kier alpha value is -0.590. The first kappa shape index (κ1) is 14.5. The molecule has 0 bridgehead atoms. The fourth-order valence-electron chi connectivity index (χ4n) is 1.70. The number of nitriles is 1. The molecule has 17 heavy (non-hydrogen) atoms. The van der Waals surface area contributed by atoms with Gasteiger partial charge in [-0.1, -0.05) is 39.3 Å². The van der Waals surface area contributed by atoms with E-state index in [-0.39, 0.29) is 5.92 Å². The minimum absolute atomic E-state index is 0.278. The molecule has 0 aliphatic carbocycles. The topological polar surface area (TPSA) is 36.7 Å². The highest BCUT2D eigenvalue weighted by Crippen LogP contribution is 2.33. The highest BCUT2D eigenvalue weighted by atomic mass is 79.9. The lowest BCUT2D eigenvalue weighted by molar-refractivity contribution is 0.641. The Kier molecular flexibility index (Phi) is 4.97. The molecule has 0 atom stereocenters. The highest BCUT2D eigenvalue weighted by Gasteiger charge is 2.19. The van der Waals surface area contributed by atoms with Crippen LogP contribution in [0.2, 0.25) is 5.15 Å². The molecule has 4 heteroatoms. The average molecular weight is 316 g/mol. The maximum atomic E-state index is 9.17. The van der Waals surface area contributed by atoms with E-state index in [0.717, 1.165) is 22.2 Å². The van der Waals surface area contributed by atoms with Crippen molar-refractivity contribution in [3.63, 3.8) is 0 Å². The molecule has 0 aliphatic heterocycles. The molecular weight excluding hydrogens is 300 g/mol. The zero-order valence-electron chi connectivity index (χ0n) is 10.5. The van der Waals surface area contributed by atoms with Crippen LogP contribution in [0.25, 0.3) is 0 Å². The van der Waals surface area contributed by atoms with Crippen molar-refractivity contribution in [2.24, 2.45) is 5.92 Å². The number of pyridine rings is 1. The van der Waals surface area contributed by atoms with Gasteiger partial charge in [0, 0.05) is 4.47 Å². The summed E-state index contributed by atoms with van der Waals surface area (Å²) < 4.78 is 0.933. The van der Waals surface area contributed by atoms with Crippen LogP contribution < -0.4 is 0 Å². The summed E-state index contributed by atoms with van der Waals surface area (Å²) >= 11 is 9.64. The molecule has 0 saturated carbocycles. The second-order valence-corrected chi connectivity index (χ2v) is 5.97. The Bertz CT molecular complexity index is 461. The lowest BCUT2D eigenvalue weighted by Crippen LogP contribution is -2.06. The van der Waals surface area contributed by atoms with Crippen LogP contribution in [0.1, 0.15) is 50.4 Å². The van der Waals surface area contributed by atoms with Crippen LogP contribution in [0.4, 0.5) is 0 Å². The minimum Gasteiger partial charge on any atom is -0.238 e. The third kappa shape index (κ3) is 3.20. The van der Waals surface area contributed by atoms with E-state index in [1.165, 1.54) is 0 Å². The second-order valence-electron chi connectivity index (χ2n) is 4.82. The molecule has 1 aromatic rings. The van der Waals surface area contributed by atoms with Crippen molar-refractivity contribution >= 4 is 27.5 Å². The van der Waals surface area contributed by atoms with E-state index in [2.05, 4.69) is 54.7 Å². The number of hydrogen-bond donors (Lipinski definition) is 0. The Balaban J connectivity index is 3.47. The molecular formula is C13H16BrClN2. The van der Waals surface area contributed by atoms with Gasteiger partial charge in [0.2, 0.25) is 0 Å². The highest BCUT2D eigenvalue weighted by molar-refractivity contribution is 9.10. The van der Waals surface area contributed by atoms with E-state index in [4.69, 9.17) is 11.6 Å². The van der Waals surface area contributed by atoms with E-state index in [9.17, 15) is 5.26 Å². The van der Waals surface area contributed by atoms with E-state index in [1.54, 1.807) is 0 Å². The standard InChI is InChI=1S/C13H16BrClN2/c1-7(2)5-9-10(6-16)13(15)17-12(8(3)4)11(9)14/h7-8H,5H2,1-4H3. The molecule has 0 saturated heterocycles. The first-order valence-electron chi connectivity index (χ1n) is 5.66. The summed E-state index contributed by atoms with van der Waals surface area (Å²) in [7, 11) is 0. The van der Waals surface area contributed by atoms with Crippen molar-refractivity contribution in [2.45, 2.75) is 40.0 Å². The monoisotopic (exact) mass is 314 g/mol. The predicted molar refractivity (Wildman–Crippen MR) is 74.3 cm³/mol. The molecule has 0 amide bonds. The third-order valence-corrected chi connectivity index (χ3v) is 3.65. The fourth-order valence-corrected chi connectivity index (χ4v) is 2.85. The van der Waals surface area contributed by atoms with Crippen molar-refractivity contribution < 1.29 is 0 Å². The lowest BCUT2D eigenvalue weighted by Gasteiger charge is -2.16. The SMILES string of the molecule is CC(C)Cc1c(Br)c(C(C)C)nc(Cl)c1C#N. The van der Waals surface area contributed by atoms with Gasteiger partial charge in [0.05, 0.1) is 11.3 Å². The molecule has 0 aromatic carbocycles. The van der Waals surface area contributed by atoms with E-state index in [0.29, 0.717) is 16.6 Å². The van der Waals surface area contributed by atoms with Gasteiger partial charge in [0.25, 0.3) is 0 Å². The second kappa shape index (κ2) is 5.84. The summed E-state index contributed by atoms with van der Waals surface area (Å²) in [6.45, 7) is 8.37. The smallest absolute Gasteiger partial charge is 0.147 e. The molecule has 92 valence electrons. The quantitative estimate of drug-likeness (QED) is 0.759. The molecule has 0 unspecified atom stereocenters. The number of halogens is 2. The first-order chi connectivity index (χ1) is 7.88. The summed E-state index contributed by atoms with van der Waals surface area (Å²) in [5.74, 6) is 0.748. The summed E-state index contributed by atoms with van der Waals surface area (Å²) in [5.41, 5.74) is 2.40. The van der Waals surface area contributed by atoms with Crippen LogP contribution in [-0.2, 0) is 6.42 Å². The van der Waals surface area contributed by atoms with E-state index >= 15 is 0 Å². The van der Waals surface area contributed by atoms with Gasteiger partial charge in [-0.05, 0) is 39.8 Å². The van der Waals surface area contributed by atoms with Gasteiger partial charge >= 0.3 is 0 Å². The Morgan fingerprint density at radius 2 is 1.94 bits per heavy atom. The zero-order chi connectivity index (χ0) is 13.2. The molecule has 1 rings (SSSR count). The normalized spacial score (nSPS) is 11.0. The molecule has 2 nitrogen and oxygen atoms in total. The predicted octanol–water partition coefficient (Wildman–Crippen LogP) is 4.69. The van der Waals surface area contributed by atoms with Gasteiger partial charge in [0.15, 0.2) is 0 Å². The molecule has 1 heterocycles. The number of rotatable bonds is 3. The van der Waals surface area contributed by atoms with Crippen LogP contribution >= 0.6 is 27.5 Å². The molecule has 0 N–H and O–H groups in total. The number of hydrogen-bond acceptors (Lipinski definition) is 2. The van der Waals surface area contributed by atoms with E-state index in [1.807, 2.05) is 0 Å². The molecule has 1 aromatic heterocycles. The summed E-state index contributed by atoms with van der Waals surface area (Å²) in [6.07, 6.45) is 0.825. The number of nitrogens with zero attached hydrogens (tertiary/aromatic N) is 2. The molecule has 0 spiro atoms. The fraction of sp³-hybridized carbons (Fsp3) is 0.538. The van der Waals surface area contributed by atoms with Crippen molar-refractivity contribution in [3.05, 3.63) is 26.4 Å². The van der Waals surface area contributed by atoms with Crippen molar-refractivity contribution in [2.75, 3.05) is 0 Å². The van der Waals surface area contributed by atoms with Gasteiger partial charge in [-0.3, -0.25) is 0 Å². The third-order valence-electron chi connectivity index (χ3n) is 2.49. The summed E-state index contributed by atoms with van der Waals surface area (Å²) in [5, 5.41) is 9.49. The lowest BCUT2D eigenvalue weighted by atomic mass is 9.97. The number of aromatic nitrogens is 1. The van der Waals surface area contributed by atoms with E-state index < -0.39 is 0 Å². The zero-order valence-corrected chi connectivity index (χ0v) is 12.9. The van der Waals surface area contributed by atoms with Gasteiger partial charge in [-0.25, -0.2) is 4.98 Å². The maximum absolute atomic E-state index is 9.17. The van der Waals surface area contributed by atoms with Crippen molar-refractivity contribution in [3.8, 4) is 6.07 Å².